The van der Waals surface area contributed by atoms with E-state index in [0.717, 1.165) is 25.0 Å². The van der Waals surface area contributed by atoms with Gasteiger partial charge in [0.1, 0.15) is 0 Å². The zero-order valence-electron chi connectivity index (χ0n) is 10.3. The number of carboxylic acid groups (broad SMARTS) is 1. The van der Waals surface area contributed by atoms with Crippen LogP contribution >= 0.6 is 11.8 Å². The Morgan fingerprint density at radius 2 is 1.94 bits per heavy atom. The van der Waals surface area contributed by atoms with Crippen LogP contribution in [0.3, 0.4) is 0 Å². The molecule has 0 spiro atoms. The lowest BCUT2D eigenvalue weighted by atomic mass is 9.74. The predicted octanol–water partition coefficient (Wildman–Crippen LogP) is 1.89. The first-order valence-electron chi connectivity index (χ1n) is 6.10. The van der Waals surface area contributed by atoms with Crippen LogP contribution in [-0.4, -0.2) is 35.5 Å². The summed E-state index contributed by atoms with van der Waals surface area (Å²) in [5.74, 6) is -0.0146. The molecule has 2 N–H and O–H groups in total. The third kappa shape index (κ3) is 4.22. The van der Waals surface area contributed by atoms with Crippen molar-refractivity contribution in [3.8, 4) is 0 Å². The van der Waals surface area contributed by atoms with Gasteiger partial charge < -0.3 is 10.4 Å². The second-order valence-electron chi connectivity index (χ2n) is 4.67. The SMILES string of the molecule is CSCCC(=O)NCC1(C(=O)O)CCCCC1. The number of hydrogen-bond acceptors (Lipinski definition) is 3. The van der Waals surface area contributed by atoms with E-state index < -0.39 is 11.4 Å². The van der Waals surface area contributed by atoms with E-state index >= 15 is 0 Å². The lowest BCUT2D eigenvalue weighted by Crippen LogP contribution is -2.44. The summed E-state index contributed by atoms with van der Waals surface area (Å²) in [4.78, 5) is 22.8. The van der Waals surface area contributed by atoms with Crippen molar-refractivity contribution in [3.63, 3.8) is 0 Å². The third-order valence-electron chi connectivity index (χ3n) is 3.42. The van der Waals surface area contributed by atoms with E-state index in [0.29, 0.717) is 19.3 Å². The number of nitrogens with one attached hydrogen (secondary N) is 1. The molecule has 1 aliphatic carbocycles. The fraction of sp³-hybridized carbons (Fsp3) is 0.833. The zero-order chi connectivity index (χ0) is 12.7. The third-order valence-corrected chi connectivity index (χ3v) is 4.03. The summed E-state index contributed by atoms with van der Waals surface area (Å²) >= 11 is 1.62. The minimum Gasteiger partial charge on any atom is -0.481 e. The van der Waals surface area contributed by atoms with Gasteiger partial charge in [0.25, 0.3) is 0 Å². The highest BCUT2D eigenvalue weighted by atomic mass is 32.2. The van der Waals surface area contributed by atoms with Crippen molar-refractivity contribution >= 4 is 23.6 Å². The molecule has 98 valence electrons. The number of carbonyl (C=O) groups is 2. The normalized spacial score (nSPS) is 18.6. The van der Waals surface area contributed by atoms with Crippen molar-refractivity contribution < 1.29 is 14.7 Å². The Hall–Kier alpha value is -0.710. The molecule has 5 heteroatoms. The predicted molar refractivity (Wildman–Crippen MR) is 69.2 cm³/mol. The van der Waals surface area contributed by atoms with Crippen LogP contribution in [0, 0.1) is 5.41 Å². The van der Waals surface area contributed by atoms with Gasteiger partial charge in [0.15, 0.2) is 0 Å². The fourth-order valence-corrected chi connectivity index (χ4v) is 2.64. The second kappa shape index (κ2) is 6.89. The highest BCUT2D eigenvalue weighted by molar-refractivity contribution is 7.98. The standard InChI is InChI=1S/C12H21NO3S/c1-17-8-5-10(14)13-9-12(11(15)16)6-3-2-4-7-12/h2-9H2,1H3,(H,13,14)(H,15,16). The van der Waals surface area contributed by atoms with Crippen LogP contribution in [0.5, 0.6) is 0 Å². The van der Waals surface area contributed by atoms with Gasteiger partial charge >= 0.3 is 5.97 Å². The number of aliphatic carboxylic acids is 1. The van der Waals surface area contributed by atoms with Gasteiger partial charge in [-0.2, -0.15) is 11.8 Å². The van der Waals surface area contributed by atoms with Crippen LogP contribution in [0.15, 0.2) is 0 Å². The van der Waals surface area contributed by atoms with Crippen molar-refractivity contribution in [1.29, 1.82) is 0 Å². The largest absolute Gasteiger partial charge is 0.481 e. The van der Waals surface area contributed by atoms with Crippen molar-refractivity contribution in [2.45, 2.75) is 38.5 Å². The molecule has 0 aromatic heterocycles. The second-order valence-corrected chi connectivity index (χ2v) is 5.65. The summed E-state index contributed by atoms with van der Waals surface area (Å²) in [6, 6.07) is 0. The number of amides is 1. The average molecular weight is 259 g/mol. The molecule has 0 heterocycles. The number of hydrogen-bond donors (Lipinski definition) is 2. The first kappa shape index (κ1) is 14.4. The molecule has 0 radical (unpaired) electrons. The quantitative estimate of drug-likeness (QED) is 0.764. The molecule has 1 amide bonds. The molecule has 1 fully saturated rings. The molecular formula is C12H21NO3S. The summed E-state index contributed by atoms with van der Waals surface area (Å²) in [6.45, 7) is 0.287. The van der Waals surface area contributed by atoms with Crippen molar-refractivity contribution in [2.75, 3.05) is 18.6 Å². The van der Waals surface area contributed by atoms with E-state index in [1.807, 2.05) is 6.26 Å². The van der Waals surface area contributed by atoms with Crippen LogP contribution in [0.1, 0.15) is 38.5 Å². The van der Waals surface area contributed by atoms with Crippen molar-refractivity contribution in [3.05, 3.63) is 0 Å². The Kier molecular flexibility index (Phi) is 5.82. The van der Waals surface area contributed by atoms with E-state index in [-0.39, 0.29) is 12.5 Å². The number of thioether (sulfide) groups is 1. The van der Waals surface area contributed by atoms with E-state index in [9.17, 15) is 14.7 Å². The molecule has 1 saturated carbocycles. The van der Waals surface area contributed by atoms with Gasteiger partial charge in [-0.25, -0.2) is 0 Å². The average Bonchev–Trinajstić information content (AvgIpc) is 2.34. The highest BCUT2D eigenvalue weighted by Crippen LogP contribution is 2.35. The van der Waals surface area contributed by atoms with E-state index in [1.54, 1.807) is 11.8 Å². The van der Waals surface area contributed by atoms with Gasteiger partial charge in [-0.15, -0.1) is 0 Å². The van der Waals surface area contributed by atoms with Gasteiger partial charge in [0.2, 0.25) is 5.91 Å². The summed E-state index contributed by atoms with van der Waals surface area (Å²) < 4.78 is 0. The first-order chi connectivity index (χ1) is 8.10. The van der Waals surface area contributed by atoms with Gasteiger partial charge in [-0.05, 0) is 19.1 Å². The van der Waals surface area contributed by atoms with Crippen LogP contribution < -0.4 is 5.32 Å². The first-order valence-corrected chi connectivity index (χ1v) is 7.49. The number of carbonyl (C=O) groups excluding carboxylic acids is 1. The fourth-order valence-electron chi connectivity index (χ4n) is 2.25. The maximum Gasteiger partial charge on any atom is 0.311 e. The molecule has 0 aromatic carbocycles. The van der Waals surface area contributed by atoms with Crippen molar-refractivity contribution in [2.24, 2.45) is 5.41 Å². The highest BCUT2D eigenvalue weighted by Gasteiger charge is 2.39. The Morgan fingerprint density at radius 1 is 1.29 bits per heavy atom. The van der Waals surface area contributed by atoms with Gasteiger partial charge in [-0.1, -0.05) is 19.3 Å². The Bertz CT molecular complexity index is 275. The smallest absolute Gasteiger partial charge is 0.311 e. The molecule has 0 atom stereocenters. The summed E-state index contributed by atoms with van der Waals surface area (Å²) in [7, 11) is 0. The number of carboxylic acids is 1. The molecule has 0 unspecified atom stereocenters. The summed E-state index contributed by atoms with van der Waals surface area (Å²) in [5.41, 5.74) is -0.715. The lowest BCUT2D eigenvalue weighted by molar-refractivity contribution is -0.151. The van der Waals surface area contributed by atoms with E-state index in [1.165, 1.54) is 0 Å². The molecule has 17 heavy (non-hydrogen) atoms. The molecule has 4 nitrogen and oxygen atoms in total. The molecule has 1 rings (SSSR count). The van der Waals surface area contributed by atoms with E-state index in [2.05, 4.69) is 5.32 Å². The Morgan fingerprint density at radius 3 is 2.47 bits per heavy atom. The maximum atomic E-state index is 11.5. The molecule has 0 saturated heterocycles. The van der Waals surface area contributed by atoms with Crippen LogP contribution in [0.4, 0.5) is 0 Å². The van der Waals surface area contributed by atoms with Gasteiger partial charge in [0, 0.05) is 18.7 Å². The molecule has 0 aliphatic heterocycles. The zero-order valence-corrected chi connectivity index (χ0v) is 11.1. The minimum absolute atomic E-state index is 0.0365. The summed E-state index contributed by atoms with van der Waals surface area (Å²) in [5, 5.41) is 12.1. The van der Waals surface area contributed by atoms with Gasteiger partial charge in [-0.3, -0.25) is 9.59 Å². The van der Waals surface area contributed by atoms with Gasteiger partial charge in [0.05, 0.1) is 5.41 Å². The minimum atomic E-state index is -0.762. The van der Waals surface area contributed by atoms with Crippen LogP contribution in [-0.2, 0) is 9.59 Å². The molecule has 1 aliphatic rings. The number of rotatable bonds is 6. The Balaban J connectivity index is 2.44. The van der Waals surface area contributed by atoms with E-state index in [4.69, 9.17) is 0 Å². The molecule has 0 bridgehead atoms. The lowest BCUT2D eigenvalue weighted by Gasteiger charge is -2.33. The topological polar surface area (TPSA) is 66.4 Å². The Labute approximate surface area is 107 Å². The maximum absolute atomic E-state index is 11.5. The van der Waals surface area contributed by atoms with Crippen molar-refractivity contribution in [1.82, 2.24) is 5.32 Å². The monoisotopic (exact) mass is 259 g/mol. The van der Waals surface area contributed by atoms with Crippen LogP contribution in [0.25, 0.3) is 0 Å². The molecular weight excluding hydrogens is 238 g/mol. The molecule has 0 aromatic rings. The summed E-state index contributed by atoms with van der Waals surface area (Å²) in [6.07, 6.45) is 6.80. The van der Waals surface area contributed by atoms with Crippen LogP contribution in [0.2, 0.25) is 0 Å².